The van der Waals surface area contributed by atoms with Gasteiger partial charge >= 0.3 is 15.1 Å². The second-order valence-corrected chi connectivity index (χ2v) is 8.26. The summed E-state index contributed by atoms with van der Waals surface area (Å²) < 4.78 is 17.7. The molecule has 0 aromatic carbocycles. The second kappa shape index (κ2) is 5.37. The Morgan fingerprint density at radius 1 is 0.562 bits per heavy atom. The highest BCUT2D eigenvalue weighted by Gasteiger charge is 2.42. The van der Waals surface area contributed by atoms with Crippen molar-refractivity contribution >= 4 is 15.1 Å². The van der Waals surface area contributed by atoms with Gasteiger partial charge in [0.1, 0.15) is 0 Å². The quantitative estimate of drug-likeness (QED) is 0.714. The minimum absolute atomic E-state index is 0. The lowest BCUT2D eigenvalue weighted by Crippen LogP contribution is -2.44. The first kappa shape index (κ1) is 16.4. The molecule has 0 aliphatic rings. The average molecular weight is 247 g/mol. The summed E-state index contributed by atoms with van der Waals surface area (Å²) in [4.78, 5) is 0. The summed E-state index contributed by atoms with van der Waals surface area (Å²) in [6.45, 7) is 18.2. The normalized spacial score (nSPS) is 14.1. The first-order valence-electron chi connectivity index (χ1n) is 5.82. The maximum Gasteiger partial charge on any atom is 0.906 e. The third-order valence-electron chi connectivity index (χ3n) is 1.35. The van der Waals surface area contributed by atoms with Crippen LogP contribution in [0.5, 0.6) is 0 Å². The van der Waals surface area contributed by atoms with Gasteiger partial charge in [0, 0.05) is 16.8 Å². The van der Waals surface area contributed by atoms with Gasteiger partial charge < -0.3 is 12.8 Å². The summed E-state index contributed by atoms with van der Waals surface area (Å²) in [6.07, 6.45) is 0. The third-order valence-corrected chi connectivity index (χ3v) is 4.05. The second-order valence-electron chi connectivity index (χ2n) is 6.98. The zero-order chi connectivity index (χ0) is 13.2. The number of rotatable bonds is 3. The molecular formula is C12H28AlO3-. The van der Waals surface area contributed by atoms with Crippen molar-refractivity contribution in [3.8, 4) is 0 Å². The molecule has 0 heterocycles. The lowest BCUT2D eigenvalue weighted by atomic mass is 10.2. The molecule has 0 aromatic rings. The maximum atomic E-state index is 5.88. The summed E-state index contributed by atoms with van der Waals surface area (Å²) in [5.74, 6) is 0. The van der Waals surface area contributed by atoms with E-state index in [0.717, 1.165) is 0 Å². The van der Waals surface area contributed by atoms with Crippen molar-refractivity contribution in [1.29, 1.82) is 0 Å². The number of hydrogen-bond donors (Lipinski definition) is 0. The van der Waals surface area contributed by atoms with Crippen molar-refractivity contribution in [3.63, 3.8) is 0 Å². The molecule has 0 rings (SSSR count). The molecule has 0 N–H and O–H groups in total. The topological polar surface area (TPSA) is 27.7 Å². The summed E-state index contributed by atoms with van der Waals surface area (Å²) in [7, 11) is 0. The highest BCUT2D eigenvalue weighted by atomic mass is 27.3. The molecule has 3 nitrogen and oxygen atoms in total. The molecule has 0 saturated heterocycles. The van der Waals surface area contributed by atoms with Gasteiger partial charge in [-0.3, -0.25) is 0 Å². The highest BCUT2D eigenvalue weighted by Crippen LogP contribution is 2.20. The van der Waals surface area contributed by atoms with Crippen LogP contribution in [-0.2, 0) is 11.4 Å². The van der Waals surface area contributed by atoms with E-state index in [2.05, 4.69) is 0 Å². The van der Waals surface area contributed by atoms with Gasteiger partial charge in [-0.1, -0.05) is 0 Å². The molecule has 0 bridgehead atoms. The van der Waals surface area contributed by atoms with E-state index >= 15 is 0 Å². The molecule has 0 aliphatic carbocycles. The van der Waals surface area contributed by atoms with Gasteiger partial charge in [0.05, 0.1) is 0 Å². The fourth-order valence-electron chi connectivity index (χ4n) is 0.938. The van der Waals surface area contributed by atoms with E-state index in [0.29, 0.717) is 0 Å². The Morgan fingerprint density at radius 3 is 0.875 bits per heavy atom. The average Bonchev–Trinajstić information content (AvgIpc) is 1.70. The van der Waals surface area contributed by atoms with Crippen LogP contribution in [0.1, 0.15) is 63.7 Å². The van der Waals surface area contributed by atoms with Gasteiger partial charge in [0.2, 0.25) is 0 Å². The molecule has 0 fully saturated rings. The van der Waals surface area contributed by atoms with Crippen molar-refractivity contribution in [3.05, 3.63) is 0 Å². The molecule has 0 unspecified atom stereocenters. The summed E-state index contributed by atoms with van der Waals surface area (Å²) >= 11 is -2.11. The molecular weight excluding hydrogens is 219 g/mol. The molecule has 0 saturated carbocycles. The van der Waals surface area contributed by atoms with Crippen molar-refractivity contribution in [2.45, 2.75) is 79.1 Å². The first-order valence-corrected chi connectivity index (χ1v) is 7.23. The van der Waals surface area contributed by atoms with E-state index in [9.17, 15) is 0 Å². The first-order chi connectivity index (χ1) is 6.79. The Bertz CT molecular complexity index is 175. The van der Waals surface area contributed by atoms with E-state index in [1.54, 1.807) is 0 Å². The monoisotopic (exact) mass is 247 g/mol. The predicted octanol–water partition coefficient (Wildman–Crippen LogP) is 3.53. The van der Waals surface area contributed by atoms with Crippen molar-refractivity contribution in [1.82, 2.24) is 0 Å². The van der Waals surface area contributed by atoms with Crippen molar-refractivity contribution < 1.29 is 12.8 Å². The van der Waals surface area contributed by atoms with Crippen LogP contribution in [0.25, 0.3) is 0 Å². The largest absolute Gasteiger partial charge is 1.00 e. The van der Waals surface area contributed by atoms with Crippen LogP contribution < -0.4 is 0 Å². The summed E-state index contributed by atoms with van der Waals surface area (Å²) in [6, 6.07) is 0. The lowest BCUT2D eigenvalue weighted by molar-refractivity contribution is -0.0503. The third kappa shape index (κ3) is 10.9. The van der Waals surface area contributed by atoms with E-state index in [1.165, 1.54) is 0 Å². The lowest BCUT2D eigenvalue weighted by Gasteiger charge is -2.33. The molecule has 16 heavy (non-hydrogen) atoms. The Kier molecular flexibility index (Phi) is 5.51. The minimum Gasteiger partial charge on any atom is -1.00 e. The van der Waals surface area contributed by atoms with Crippen LogP contribution in [0.3, 0.4) is 0 Å². The molecule has 0 aliphatic heterocycles. The predicted molar refractivity (Wildman–Crippen MR) is 69.4 cm³/mol. The number of hydrogen-bond acceptors (Lipinski definition) is 3. The molecule has 98 valence electrons. The Balaban J connectivity index is 0. The van der Waals surface area contributed by atoms with Crippen LogP contribution in [0.2, 0.25) is 0 Å². The Hall–Kier alpha value is 0.412. The van der Waals surface area contributed by atoms with Gasteiger partial charge in [-0.25, -0.2) is 0 Å². The van der Waals surface area contributed by atoms with Crippen LogP contribution in [0.4, 0.5) is 0 Å². The van der Waals surface area contributed by atoms with E-state index in [1.807, 2.05) is 62.3 Å². The van der Waals surface area contributed by atoms with Crippen LogP contribution >= 0.6 is 0 Å². The van der Waals surface area contributed by atoms with Crippen molar-refractivity contribution in [2.75, 3.05) is 0 Å². The molecule has 0 radical (unpaired) electrons. The van der Waals surface area contributed by atoms with E-state index < -0.39 is 15.1 Å². The molecule has 0 amide bonds. The maximum absolute atomic E-state index is 5.88. The fourth-order valence-corrected chi connectivity index (χ4v) is 2.81. The zero-order valence-electron chi connectivity index (χ0n) is 13.3. The van der Waals surface area contributed by atoms with Crippen LogP contribution in [0, 0.1) is 0 Å². The summed E-state index contributed by atoms with van der Waals surface area (Å²) in [5.41, 5.74) is -0.686. The standard InChI is InChI=1S/3C4H9O.Al.H/c3*1-4(2,3)5;;/h3*1-3H3;;/q3*-1;+3;-1. The molecule has 0 aromatic heterocycles. The van der Waals surface area contributed by atoms with Gasteiger partial charge in [0.15, 0.2) is 0 Å². The highest BCUT2D eigenvalue weighted by molar-refractivity contribution is 6.36. The fraction of sp³-hybridized carbons (Fsp3) is 1.00. The SMILES string of the molecule is CC(C)(C)[O][Al]([O]C(C)(C)C)[O]C(C)(C)C.[H-]. The smallest absolute Gasteiger partial charge is 0.906 e. The van der Waals surface area contributed by atoms with E-state index in [4.69, 9.17) is 11.4 Å². The van der Waals surface area contributed by atoms with E-state index in [-0.39, 0.29) is 18.2 Å². The van der Waals surface area contributed by atoms with Crippen LogP contribution in [0.15, 0.2) is 0 Å². The molecule has 0 atom stereocenters. The van der Waals surface area contributed by atoms with Gasteiger partial charge in [-0.05, 0) is 62.3 Å². The van der Waals surface area contributed by atoms with Gasteiger partial charge in [0.25, 0.3) is 0 Å². The zero-order valence-corrected chi connectivity index (χ0v) is 13.5. The molecule has 0 spiro atoms. The van der Waals surface area contributed by atoms with Crippen molar-refractivity contribution in [2.24, 2.45) is 0 Å². The Morgan fingerprint density at radius 2 is 0.750 bits per heavy atom. The minimum atomic E-state index is -2.11. The van der Waals surface area contributed by atoms with Gasteiger partial charge in [-0.2, -0.15) is 0 Å². The molecule has 4 heteroatoms. The summed E-state index contributed by atoms with van der Waals surface area (Å²) in [5, 5.41) is 0. The Labute approximate surface area is 107 Å². The van der Waals surface area contributed by atoms with Gasteiger partial charge in [-0.15, -0.1) is 0 Å². The van der Waals surface area contributed by atoms with Crippen LogP contribution in [-0.4, -0.2) is 32.0 Å².